The molecule has 4 nitrogen and oxygen atoms in total. The number of alkyl halides is 3. The Labute approximate surface area is 142 Å². The van der Waals surface area contributed by atoms with Gasteiger partial charge in [0, 0.05) is 6.08 Å². The number of carbonyl (C=O) groups excluding carboxylic acids is 1. The molecule has 0 aliphatic carbocycles. The second-order valence-electron chi connectivity index (χ2n) is 5.96. The van der Waals surface area contributed by atoms with E-state index in [1.807, 2.05) is 0 Å². The smallest absolute Gasteiger partial charge is 0.346 e. The molecular formula is C15H15ClF3NO3S. The Kier molecular flexibility index (Phi) is 5.01. The van der Waals surface area contributed by atoms with Gasteiger partial charge in [0.25, 0.3) is 0 Å². The van der Waals surface area contributed by atoms with Gasteiger partial charge >= 0.3 is 6.18 Å². The van der Waals surface area contributed by atoms with E-state index in [1.54, 1.807) is 6.92 Å². The summed E-state index contributed by atoms with van der Waals surface area (Å²) in [5.74, 6) is -0.726. The van der Waals surface area contributed by atoms with Crippen LogP contribution < -0.4 is 5.32 Å². The Morgan fingerprint density at radius 1 is 1.38 bits per heavy atom. The molecule has 0 aromatic heterocycles. The predicted octanol–water partition coefficient (Wildman–Crippen LogP) is 3.07. The van der Waals surface area contributed by atoms with E-state index in [4.69, 9.17) is 11.6 Å². The molecule has 1 fully saturated rings. The van der Waals surface area contributed by atoms with Crippen molar-refractivity contribution in [1.29, 1.82) is 0 Å². The van der Waals surface area contributed by atoms with Crippen LogP contribution in [0, 0.1) is 0 Å². The average molecular weight is 382 g/mol. The Balaban J connectivity index is 2.10. The Bertz CT molecular complexity index is 790. The van der Waals surface area contributed by atoms with Gasteiger partial charge in [-0.15, -0.1) is 0 Å². The largest absolute Gasteiger partial charge is 0.417 e. The number of sulfone groups is 1. The van der Waals surface area contributed by atoms with Gasteiger partial charge in [0.05, 0.1) is 27.6 Å². The van der Waals surface area contributed by atoms with E-state index >= 15 is 0 Å². The summed E-state index contributed by atoms with van der Waals surface area (Å²) in [6, 6.07) is 3.30. The number of hydrogen-bond acceptors (Lipinski definition) is 3. The fourth-order valence-electron chi connectivity index (χ4n) is 2.48. The van der Waals surface area contributed by atoms with Gasteiger partial charge in [-0.25, -0.2) is 8.42 Å². The molecule has 1 aliphatic heterocycles. The number of benzene rings is 1. The zero-order chi connectivity index (χ0) is 18.2. The lowest BCUT2D eigenvalue weighted by Crippen LogP contribution is -2.46. The van der Waals surface area contributed by atoms with E-state index < -0.39 is 38.0 Å². The van der Waals surface area contributed by atoms with Crippen LogP contribution in [-0.2, 0) is 20.8 Å². The summed E-state index contributed by atoms with van der Waals surface area (Å²) in [5.41, 5.74) is -1.69. The number of carbonyl (C=O) groups is 1. The van der Waals surface area contributed by atoms with Gasteiger partial charge in [-0.1, -0.05) is 17.7 Å². The number of amides is 1. The Hall–Kier alpha value is -1.54. The van der Waals surface area contributed by atoms with Crippen molar-refractivity contribution >= 4 is 33.4 Å². The van der Waals surface area contributed by atoms with Crippen LogP contribution in [0.15, 0.2) is 24.3 Å². The van der Waals surface area contributed by atoms with Crippen LogP contribution in [0.5, 0.6) is 0 Å². The third-order valence-corrected chi connectivity index (χ3v) is 5.88. The van der Waals surface area contributed by atoms with E-state index in [9.17, 15) is 26.4 Å². The highest BCUT2D eigenvalue weighted by molar-refractivity contribution is 7.91. The topological polar surface area (TPSA) is 63.2 Å². The lowest BCUT2D eigenvalue weighted by atomic mass is 10.0. The van der Waals surface area contributed by atoms with Gasteiger partial charge in [0.1, 0.15) is 0 Å². The molecule has 132 valence electrons. The van der Waals surface area contributed by atoms with Gasteiger partial charge in [-0.2, -0.15) is 13.2 Å². The fourth-order valence-corrected chi connectivity index (χ4v) is 4.80. The van der Waals surface area contributed by atoms with Crippen molar-refractivity contribution in [3.8, 4) is 0 Å². The first kappa shape index (κ1) is 18.8. The Morgan fingerprint density at radius 2 is 2.04 bits per heavy atom. The first-order chi connectivity index (χ1) is 10.9. The molecule has 0 saturated carbocycles. The van der Waals surface area contributed by atoms with Crippen molar-refractivity contribution in [3.05, 3.63) is 40.4 Å². The van der Waals surface area contributed by atoms with Gasteiger partial charge in [0.2, 0.25) is 5.91 Å². The molecule has 24 heavy (non-hydrogen) atoms. The third kappa shape index (κ3) is 4.73. The highest BCUT2D eigenvalue weighted by Crippen LogP contribution is 2.35. The summed E-state index contributed by atoms with van der Waals surface area (Å²) in [7, 11) is -3.17. The van der Waals surface area contributed by atoms with Crippen LogP contribution in [-0.4, -0.2) is 31.4 Å². The lowest BCUT2D eigenvalue weighted by molar-refractivity contribution is -0.137. The minimum Gasteiger partial charge on any atom is -0.346 e. The van der Waals surface area contributed by atoms with Crippen LogP contribution in [0.25, 0.3) is 6.08 Å². The van der Waals surface area contributed by atoms with Crippen LogP contribution in [0.4, 0.5) is 13.2 Å². The number of nitrogens with one attached hydrogen (secondary N) is 1. The number of rotatable bonds is 3. The minimum atomic E-state index is -4.59. The molecule has 0 radical (unpaired) electrons. The maximum absolute atomic E-state index is 12.8. The monoisotopic (exact) mass is 381 g/mol. The number of hydrogen-bond donors (Lipinski definition) is 1. The molecule has 0 bridgehead atoms. The molecule has 1 atom stereocenters. The Morgan fingerprint density at radius 3 is 2.58 bits per heavy atom. The van der Waals surface area contributed by atoms with E-state index in [1.165, 1.54) is 12.1 Å². The third-order valence-electron chi connectivity index (χ3n) is 3.65. The summed E-state index contributed by atoms with van der Waals surface area (Å²) in [6.45, 7) is 1.62. The predicted molar refractivity (Wildman–Crippen MR) is 85.3 cm³/mol. The highest BCUT2D eigenvalue weighted by Gasteiger charge is 2.39. The fraction of sp³-hybridized carbons (Fsp3) is 0.400. The minimum absolute atomic E-state index is 0.000376. The second kappa shape index (κ2) is 6.40. The SMILES string of the molecule is C[C@@]1(NC(=O)/C=C/c2ccc(Cl)c(C(F)(F)F)c2)CCS(=O)(=O)C1. The zero-order valence-corrected chi connectivity index (χ0v) is 14.2. The van der Waals surface area contributed by atoms with Crippen molar-refractivity contribution in [2.75, 3.05) is 11.5 Å². The summed E-state index contributed by atoms with van der Waals surface area (Å²) in [4.78, 5) is 11.9. The standard InChI is InChI=1S/C15H15ClF3NO3S/c1-14(6-7-24(22,23)9-14)20-13(21)5-3-10-2-4-12(16)11(8-10)15(17,18)19/h2-5,8H,6-7,9H2,1H3,(H,20,21)/b5-3+/t14-/m1/s1. The first-order valence-corrected chi connectivity index (χ1v) is 9.18. The normalized spacial score (nSPS) is 23.5. The van der Waals surface area contributed by atoms with E-state index in [-0.39, 0.29) is 17.1 Å². The molecule has 0 spiro atoms. The molecular weight excluding hydrogens is 367 g/mol. The maximum Gasteiger partial charge on any atom is 0.417 e. The molecule has 1 aromatic rings. The number of halogens is 4. The van der Waals surface area contributed by atoms with Crippen molar-refractivity contribution in [3.63, 3.8) is 0 Å². The van der Waals surface area contributed by atoms with Gasteiger partial charge in [0.15, 0.2) is 9.84 Å². The summed E-state index contributed by atoms with van der Waals surface area (Å²) in [5, 5.41) is 2.16. The summed E-state index contributed by atoms with van der Waals surface area (Å²) >= 11 is 5.52. The van der Waals surface area contributed by atoms with Gasteiger partial charge < -0.3 is 5.32 Å². The molecule has 9 heteroatoms. The van der Waals surface area contributed by atoms with Crippen LogP contribution in [0.3, 0.4) is 0 Å². The highest BCUT2D eigenvalue weighted by atomic mass is 35.5. The van der Waals surface area contributed by atoms with E-state index in [2.05, 4.69) is 5.32 Å². The molecule has 1 N–H and O–H groups in total. The van der Waals surface area contributed by atoms with Crippen LogP contribution in [0.2, 0.25) is 5.02 Å². The van der Waals surface area contributed by atoms with Crippen LogP contribution in [0.1, 0.15) is 24.5 Å². The maximum atomic E-state index is 12.8. The molecule has 1 aliphatic rings. The first-order valence-electron chi connectivity index (χ1n) is 6.98. The lowest BCUT2D eigenvalue weighted by Gasteiger charge is -2.22. The zero-order valence-electron chi connectivity index (χ0n) is 12.7. The van der Waals surface area contributed by atoms with Crippen LogP contribution >= 0.6 is 11.6 Å². The van der Waals surface area contributed by atoms with Crippen molar-refractivity contribution in [1.82, 2.24) is 5.32 Å². The van der Waals surface area contributed by atoms with Crippen molar-refractivity contribution in [2.24, 2.45) is 0 Å². The van der Waals surface area contributed by atoms with E-state index in [0.717, 1.165) is 18.2 Å². The summed E-state index contributed by atoms with van der Waals surface area (Å²) in [6.07, 6.45) is -2.00. The van der Waals surface area contributed by atoms with Crippen molar-refractivity contribution < 1.29 is 26.4 Å². The molecule has 0 unspecified atom stereocenters. The van der Waals surface area contributed by atoms with Gasteiger partial charge in [-0.05, 0) is 37.1 Å². The molecule has 1 heterocycles. The summed E-state index contributed by atoms with van der Waals surface area (Å²) < 4.78 is 61.3. The molecule has 2 rings (SSSR count). The molecule has 1 saturated heterocycles. The second-order valence-corrected chi connectivity index (χ2v) is 8.55. The average Bonchev–Trinajstić information content (AvgIpc) is 2.70. The van der Waals surface area contributed by atoms with Crippen molar-refractivity contribution in [2.45, 2.75) is 25.1 Å². The van der Waals surface area contributed by atoms with Gasteiger partial charge in [-0.3, -0.25) is 4.79 Å². The quantitative estimate of drug-likeness (QED) is 0.818. The van der Waals surface area contributed by atoms with E-state index in [0.29, 0.717) is 6.42 Å². The molecule has 1 aromatic carbocycles. The molecule has 1 amide bonds.